The average molecular weight is 450 g/mol. The number of halogens is 1. The summed E-state index contributed by atoms with van der Waals surface area (Å²) in [6.45, 7) is 0. The molecule has 1 aliphatic rings. The van der Waals surface area contributed by atoms with E-state index < -0.39 is 17.7 Å². The minimum atomic E-state index is -0.895. The molecule has 4 rings (SSSR count). The second kappa shape index (κ2) is 8.77. The highest BCUT2D eigenvalue weighted by molar-refractivity contribution is 6.51. The number of benzene rings is 3. The van der Waals surface area contributed by atoms with E-state index in [1.807, 2.05) is 0 Å². The number of ketones is 1. The fourth-order valence-electron chi connectivity index (χ4n) is 3.81. The van der Waals surface area contributed by atoms with Crippen molar-refractivity contribution in [1.29, 1.82) is 0 Å². The number of aliphatic hydroxyl groups excluding tert-OH is 1. The summed E-state index contributed by atoms with van der Waals surface area (Å²) in [7, 11) is 3.02. The van der Waals surface area contributed by atoms with Crippen LogP contribution < -0.4 is 14.4 Å². The topological polar surface area (TPSA) is 76.1 Å². The van der Waals surface area contributed by atoms with E-state index >= 15 is 0 Å². The summed E-state index contributed by atoms with van der Waals surface area (Å²) in [5, 5.41) is 11.5. The quantitative estimate of drug-likeness (QED) is 0.337. The first-order valence-electron chi connectivity index (χ1n) is 9.80. The third kappa shape index (κ3) is 3.69. The van der Waals surface area contributed by atoms with Gasteiger partial charge in [0.1, 0.15) is 5.76 Å². The average Bonchev–Trinajstić information content (AvgIpc) is 3.09. The lowest BCUT2D eigenvalue weighted by atomic mass is 9.94. The van der Waals surface area contributed by atoms with Crippen molar-refractivity contribution in [2.24, 2.45) is 0 Å². The van der Waals surface area contributed by atoms with Crippen LogP contribution in [-0.2, 0) is 9.59 Å². The van der Waals surface area contributed by atoms with Crippen LogP contribution in [0.3, 0.4) is 0 Å². The Balaban J connectivity index is 1.97. The molecule has 1 saturated heterocycles. The van der Waals surface area contributed by atoms with E-state index in [1.54, 1.807) is 72.8 Å². The van der Waals surface area contributed by atoms with Crippen LogP contribution in [0.1, 0.15) is 17.2 Å². The highest BCUT2D eigenvalue weighted by Crippen LogP contribution is 2.44. The number of methoxy groups -OCH3 is 2. The molecule has 1 amide bonds. The number of nitrogens with zero attached hydrogens (tertiary/aromatic N) is 1. The van der Waals surface area contributed by atoms with Gasteiger partial charge in [-0.25, -0.2) is 0 Å². The third-order valence-electron chi connectivity index (χ3n) is 5.30. The van der Waals surface area contributed by atoms with Crippen molar-refractivity contribution >= 4 is 34.7 Å². The van der Waals surface area contributed by atoms with Gasteiger partial charge in [-0.2, -0.15) is 0 Å². The third-order valence-corrected chi connectivity index (χ3v) is 5.54. The Labute approximate surface area is 190 Å². The molecule has 1 aliphatic heterocycles. The Morgan fingerprint density at radius 2 is 1.62 bits per heavy atom. The smallest absolute Gasteiger partial charge is 0.300 e. The number of aliphatic hydroxyl groups is 1. The molecule has 0 aromatic heterocycles. The molecule has 0 radical (unpaired) electrons. The van der Waals surface area contributed by atoms with Crippen molar-refractivity contribution in [3.63, 3.8) is 0 Å². The first-order valence-corrected chi connectivity index (χ1v) is 10.2. The van der Waals surface area contributed by atoms with Crippen molar-refractivity contribution in [2.75, 3.05) is 19.1 Å². The normalized spacial score (nSPS) is 17.5. The molecular formula is C25H20ClNO5. The van der Waals surface area contributed by atoms with Crippen molar-refractivity contribution < 1.29 is 24.2 Å². The number of anilines is 1. The van der Waals surface area contributed by atoms with Crippen LogP contribution in [0, 0.1) is 0 Å². The number of hydrogen-bond acceptors (Lipinski definition) is 5. The molecule has 1 unspecified atom stereocenters. The van der Waals surface area contributed by atoms with Crippen LogP contribution in [0.4, 0.5) is 5.69 Å². The van der Waals surface area contributed by atoms with Gasteiger partial charge in [0.05, 0.1) is 25.8 Å². The first-order chi connectivity index (χ1) is 15.5. The highest BCUT2D eigenvalue weighted by atomic mass is 35.5. The van der Waals surface area contributed by atoms with Gasteiger partial charge in [0.2, 0.25) is 0 Å². The van der Waals surface area contributed by atoms with E-state index in [2.05, 4.69) is 0 Å². The molecule has 0 bridgehead atoms. The summed E-state index contributed by atoms with van der Waals surface area (Å²) >= 11 is 6.16. The van der Waals surface area contributed by atoms with Crippen molar-refractivity contribution in [2.45, 2.75) is 6.04 Å². The lowest BCUT2D eigenvalue weighted by Gasteiger charge is -2.26. The van der Waals surface area contributed by atoms with Gasteiger partial charge in [0, 0.05) is 16.3 Å². The Kier molecular flexibility index (Phi) is 5.88. The Morgan fingerprint density at radius 3 is 2.28 bits per heavy atom. The van der Waals surface area contributed by atoms with Gasteiger partial charge in [-0.05, 0) is 35.9 Å². The minimum Gasteiger partial charge on any atom is -0.507 e. The summed E-state index contributed by atoms with van der Waals surface area (Å²) in [6.07, 6.45) is 0. The maximum atomic E-state index is 13.2. The molecule has 0 aliphatic carbocycles. The molecule has 1 heterocycles. The van der Waals surface area contributed by atoms with Crippen LogP contribution >= 0.6 is 11.6 Å². The zero-order valence-corrected chi connectivity index (χ0v) is 18.2. The highest BCUT2D eigenvalue weighted by Gasteiger charge is 2.47. The maximum absolute atomic E-state index is 13.2. The van der Waals surface area contributed by atoms with E-state index in [9.17, 15) is 14.7 Å². The summed E-state index contributed by atoms with van der Waals surface area (Å²) in [6, 6.07) is 19.5. The minimum absolute atomic E-state index is 0.0200. The molecule has 3 aromatic rings. The largest absolute Gasteiger partial charge is 0.507 e. The monoisotopic (exact) mass is 449 g/mol. The number of carbonyl (C=O) groups excluding carboxylic acids is 2. The number of ether oxygens (including phenoxy) is 2. The summed E-state index contributed by atoms with van der Waals surface area (Å²) in [5.74, 6) is -0.871. The standard InChI is InChI=1S/C25H20ClNO5/c1-31-19-12-11-16(13-20(19)32-2)22-21(23(28)15-7-4-3-5-8-15)24(29)25(30)27(22)18-10-6-9-17(26)14-18/h3-14,22,28H,1-2H3/b23-21-. The Hall–Kier alpha value is -3.77. The number of carbonyl (C=O) groups is 2. The summed E-state index contributed by atoms with van der Waals surface area (Å²) in [5.41, 5.74) is 1.42. The van der Waals surface area contributed by atoms with Gasteiger partial charge < -0.3 is 14.6 Å². The number of amides is 1. The first kappa shape index (κ1) is 21.5. The van der Waals surface area contributed by atoms with Gasteiger partial charge in [-0.15, -0.1) is 0 Å². The Bertz CT molecular complexity index is 1220. The van der Waals surface area contributed by atoms with E-state index in [4.69, 9.17) is 21.1 Å². The molecule has 162 valence electrons. The van der Waals surface area contributed by atoms with Crippen molar-refractivity contribution in [3.8, 4) is 11.5 Å². The second-order valence-corrected chi connectivity index (χ2v) is 7.57. The SMILES string of the molecule is COc1ccc(C2/C(=C(/O)c3ccccc3)C(=O)C(=O)N2c2cccc(Cl)c2)cc1OC. The van der Waals surface area contributed by atoms with Gasteiger partial charge >= 0.3 is 0 Å². The number of rotatable bonds is 5. The second-order valence-electron chi connectivity index (χ2n) is 7.13. The molecule has 7 heteroatoms. The molecule has 3 aromatic carbocycles. The molecule has 1 fully saturated rings. The molecule has 0 saturated carbocycles. The summed E-state index contributed by atoms with van der Waals surface area (Å²) < 4.78 is 10.7. The number of Topliss-reactive ketones (excluding diaryl/α,β-unsaturated/α-hetero) is 1. The predicted molar refractivity (Wildman–Crippen MR) is 122 cm³/mol. The molecule has 1 N–H and O–H groups in total. The molecule has 0 spiro atoms. The molecule has 1 atom stereocenters. The Morgan fingerprint density at radius 1 is 0.906 bits per heavy atom. The lowest BCUT2D eigenvalue weighted by molar-refractivity contribution is -0.132. The zero-order valence-electron chi connectivity index (χ0n) is 17.4. The van der Waals surface area contributed by atoms with Crippen molar-refractivity contribution in [1.82, 2.24) is 0 Å². The predicted octanol–water partition coefficient (Wildman–Crippen LogP) is 4.98. The van der Waals surface area contributed by atoms with Crippen LogP contribution in [0.25, 0.3) is 5.76 Å². The molecule has 6 nitrogen and oxygen atoms in total. The van der Waals surface area contributed by atoms with Crippen LogP contribution in [0.15, 0.2) is 78.4 Å². The van der Waals surface area contributed by atoms with Crippen molar-refractivity contribution in [3.05, 3.63) is 94.5 Å². The van der Waals surface area contributed by atoms with Gasteiger partial charge in [0.15, 0.2) is 11.5 Å². The zero-order chi connectivity index (χ0) is 22.8. The fraction of sp³-hybridized carbons (Fsp3) is 0.120. The van der Waals surface area contributed by atoms with Crippen LogP contribution in [0.5, 0.6) is 11.5 Å². The fourth-order valence-corrected chi connectivity index (χ4v) is 4.00. The van der Waals surface area contributed by atoms with E-state index in [-0.39, 0.29) is 11.3 Å². The summed E-state index contributed by atoms with van der Waals surface area (Å²) in [4.78, 5) is 27.6. The van der Waals surface area contributed by atoms with Crippen LogP contribution in [0.2, 0.25) is 5.02 Å². The maximum Gasteiger partial charge on any atom is 0.300 e. The van der Waals surface area contributed by atoms with Crippen LogP contribution in [-0.4, -0.2) is 31.0 Å². The molecule has 32 heavy (non-hydrogen) atoms. The van der Waals surface area contributed by atoms with E-state index in [0.717, 1.165) is 0 Å². The van der Waals surface area contributed by atoms with E-state index in [0.29, 0.717) is 33.3 Å². The van der Waals surface area contributed by atoms with Gasteiger partial charge in [-0.3, -0.25) is 14.5 Å². The number of hydrogen-bond donors (Lipinski definition) is 1. The van der Waals surface area contributed by atoms with Gasteiger partial charge in [-0.1, -0.05) is 54.1 Å². The lowest BCUT2D eigenvalue weighted by Crippen LogP contribution is -2.29. The molecular weight excluding hydrogens is 430 g/mol. The van der Waals surface area contributed by atoms with Gasteiger partial charge in [0.25, 0.3) is 11.7 Å². The van der Waals surface area contributed by atoms with E-state index in [1.165, 1.54) is 19.1 Å².